The first-order valence-corrected chi connectivity index (χ1v) is 6.66. The molecule has 0 spiro atoms. The number of anilines is 2. The van der Waals surface area contributed by atoms with Crippen LogP contribution in [0.25, 0.3) is 0 Å². The van der Waals surface area contributed by atoms with E-state index < -0.39 is 6.04 Å². The van der Waals surface area contributed by atoms with Gasteiger partial charge in [-0.05, 0) is 31.2 Å². The number of aromatic nitrogens is 3. The molecule has 2 heterocycles. The maximum atomic E-state index is 12.0. The molecule has 0 saturated heterocycles. The highest BCUT2D eigenvalue weighted by molar-refractivity contribution is 6.01. The Balaban J connectivity index is 1.66. The van der Waals surface area contributed by atoms with Crippen molar-refractivity contribution in [1.82, 2.24) is 14.8 Å². The molecular weight excluding hydrogens is 286 g/mol. The Morgan fingerprint density at radius 2 is 2.05 bits per heavy atom. The summed E-state index contributed by atoms with van der Waals surface area (Å²) in [7, 11) is 0. The topological polar surface area (TPSA) is 106 Å². The maximum absolute atomic E-state index is 12.0. The number of nitrogens with one attached hydrogen (secondary N) is 2. The van der Waals surface area contributed by atoms with Gasteiger partial charge in [-0.25, -0.2) is 4.68 Å². The summed E-state index contributed by atoms with van der Waals surface area (Å²) in [5.41, 5.74) is 1.13. The van der Waals surface area contributed by atoms with E-state index in [1.165, 1.54) is 17.9 Å². The molecule has 3 rings (SSSR count). The van der Waals surface area contributed by atoms with Gasteiger partial charge in [-0.3, -0.25) is 19.7 Å². The minimum absolute atomic E-state index is 0.0424. The average molecular weight is 299 g/mol. The van der Waals surface area contributed by atoms with E-state index in [-0.39, 0.29) is 24.0 Å². The lowest BCUT2D eigenvalue weighted by molar-refractivity contribution is -0.123. The molecule has 1 aromatic carbocycles. The average Bonchev–Trinajstić information content (AvgIpc) is 3.03. The third-order valence-electron chi connectivity index (χ3n) is 3.36. The molecule has 112 valence electrons. The van der Waals surface area contributed by atoms with Crippen molar-refractivity contribution in [2.24, 2.45) is 0 Å². The van der Waals surface area contributed by atoms with E-state index in [1.54, 1.807) is 24.3 Å². The second-order valence-electron chi connectivity index (χ2n) is 4.92. The van der Waals surface area contributed by atoms with Crippen LogP contribution in [0.1, 0.15) is 29.7 Å². The van der Waals surface area contributed by atoms with E-state index in [4.69, 9.17) is 0 Å². The van der Waals surface area contributed by atoms with Crippen molar-refractivity contribution in [3.63, 3.8) is 0 Å². The van der Waals surface area contributed by atoms with Crippen LogP contribution >= 0.6 is 0 Å². The zero-order chi connectivity index (χ0) is 15.7. The van der Waals surface area contributed by atoms with E-state index in [1.807, 2.05) is 0 Å². The van der Waals surface area contributed by atoms with Crippen LogP contribution in [0.15, 0.2) is 30.6 Å². The van der Waals surface area contributed by atoms with Crippen LogP contribution in [0.5, 0.6) is 0 Å². The fourth-order valence-corrected chi connectivity index (χ4v) is 2.23. The molecular formula is C14H13N5O3. The molecule has 1 atom stereocenters. The van der Waals surface area contributed by atoms with Gasteiger partial charge in [0.15, 0.2) is 5.78 Å². The highest BCUT2D eigenvalue weighted by atomic mass is 16.2. The number of carbonyl (C=O) groups excluding carboxylic acids is 3. The van der Waals surface area contributed by atoms with E-state index in [0.717, 1.165) is 0 Å². The molecule has 8 heteroatoms. The number of benzene rings is 1. The highest BCUT2D eigenvalue weighted by Gasteiger charge is 2.33. The summed E-state index contributed by atoms with van der Waals surface area (Å²) in [6, 6.07) is 5.86. The number of hydrogen-bond donors (Lipinski definition) is 2. The van der Waals surface area contributed by atoms with Crippen LogP contribution in [0.4, 0.5) is 11.6 Å². The van der Waals surface area contributed by atoms with E-state index in [0.29, 0.717) is 17.2 Å². The third-order valence-corrected chi connectivity index (χ3v) is 3.36. The van der Waals surface area contributed by atoms with Crippen molar-refractivity contribution in [2.45, 2.75) is 19.4 Å². The second kappa shape index (κ2) is 5.40. The Morgan fingerprint density at radius 1 is 1.32 bits per heavy atom. The zero-order valence-electron chi connectivity index (χ0n) is 11.7. The zero-order valence-corrected chi connectivity index (χ0v) is 11.7. The first kappa shape index (κ1) is 13.9. The fraction of sp³-hybridized carbons (Fsp3) is 0.214. The molecule has 0 unspecified atom stereocenters. The third kappa shape index (κ3) is 2.58. The minimum Gasteiger partial charge on any atom is -0.326 e. The highest BCUT2D eigenvalue weighted by Crippen LogP contribution is 2.24. The molecule has 1 aromatic heterocycles. The molecule has 0 bridgehead atoms. The van der Waals surface area contributed by atoms with Gasteiger partial charge in [0.2, 0.25) is 11.9 Å². The molecule has 2 amide bonds. The molecule has 22 heavy (non-hydrogen) atoms. The van der Waals surface area contributed by atoms with Gasteiger partial charge in [-0.1, -0.05) is 0 Å². The minimum atomic E-state index is -0.700. The Hall–Kier alpha value is -3.03. The fourth-order valence-electron chi connectivity index (χ4n) is 2.23. The monoisotopic (exact) mass is 299 g/mol. The molecule has 1 aliphatic rings. The van der Waals surface area contributed by atoms with Gasteiger partial charge in [0.1, 0.15) is 12.4 Å². The van der Waals surface area contributed by atoms with Gasteiger partial charge >= 0.3 is 0 Å². The summed E-state index contributed by atoms with van der Waals surface area (Å²) in [5, 5.41) is 9.16. The quantitative estimate of drug-likeness (QED) is 0.819. The lowest BCUT2D eigenvalue weighted by atomic mass is 10.1. The smallest absolute Gasteiger partial charge is 0.252 e. The van der Waals surface area contributed by atoms with Crippen LogP contribution < -0.4 is 10.6 Å². The Bertz CT molecular complexity index is 750. The van der Waals surface area contributed by atoms with Gasteiger partial charge in [0, 0.05) is 11.3 Å². The number of carbonyl (C=O) groups is 3. The molecule has 0 aliphatic carbocycles. The van der Waals surface area contributed by atoms with Crippen molar-refractivity contribution in [3.8, 4) is 0 Å². The van der Waals surface area contributed by atoms with Crippen molar-refractivity contribution in [2.75, 3.05) is 10.6 Å². The summed E-state index contributed by atoms with van der Waals surface area (Å²) in [5.74, 6) is -0.329. The van der Waals surface area contributed by atoms with Crippen LogP contribution in [0.3, 0.4) is 0 Å². The molecule has 0 fully saturated rings. The molecule has 8 nitrogen and oxygen atoms in total. The van der Waals surface area contributed by atoms with Crippen LogP contribution in [-0.4, -0.2) is 32.4 Å². The van der Waals surface area contributed by atoms with Crippen LogP contribution in [0, 0.1) is 0 Å². The Morgan fingerprint density at radius 3 is 2.73 bits per heavy atom. The lowest BCUT2D eigenvalue weighted by Gasteiger charge is -2.09. The Labute approximate surface area is 125 Å². The van der Waals surface area contributed by atoms with Crippen LogP contribution in [-0.2, 0) is 9.59 Å². The molecule has 0 radical (unpaired) electrons. The SMILES string of the molecule is CC(=O)c1ccc(NC(=O)C[C@H]2C(=O)Nc3ncnn32)cc1. The number of hydrogen-bond acceptors (Lipinski definition) is 5. The van der Waals surface area contributed by atoms with Crippen molar-refractivity contribution in [3.05, 3.63) is 36.2 Å². The Kier molecular flexibility index (Phi) is 3.42. The number of fused-ring (bicyclic) bond motifs is 1. The summed E-state index contributed by atoms with van der Waals surface area (Å²) >= 11 is 0. The van der Waals surface area contributed by atoms with E-state index >= 15 is 0 Å². The number of rotatable bonds is 4. The molecule has 2 N–H and O–H groups in total. The van der Waals surface area contributed by atoms with Crippen molar-refractivity contribution in [1.29, 1.82) is 0 Å². The second-order valence-corrected chi connectivity index (χ2v) is 4.92. The predicted molar refractivity (Wildman–Crippen MR) is 77.4 cm³/mol. The van der Waals surface area contributed by atoms with E-state index in [2.05, 4.69) is 20.7 Å². The number of nitrogens with zero attached hydrogens (tertiary/aromatic N) is 3. The van der Waals surface area contributed by atoms with Crippen LogP contribution in [0.2, 0.25) is 0 Å². The summed E-state index contributed by atoms with van der Waals surface area (Å²) in [6.07, 6.45) is 1.27. The van der Waals surface area contributed by atoms with Gasteiger partial charge in [-0.2, -0.15) is 10.1 Å². The number of ketones is 1. The lowest BCUT2D eigenvalue weighted by Crippen LogP contribution is -2.23. The van der Waals surface area contributed by atoms with Gasteiger partial charge in [-0.15, -0.1) is 0 Å². The molecule has 1 aliphatic heterocycles. The standard InChI is InChI=1S/C14H13N5O3/c1-8(20)9-2-4-10(5-3-9)17-12(21)6-11-13(22)18-14-15-7-16-19(11)14/h2-5,7,11H,6H2,1H3,(H,17,21)(H,15,16,18,22)/t11-/m0/s1. The number of Topliss-reactive ketones (excluding diaryl/α,β-unsaturated/α-hetero) is 1. The van der Waals surface area contributed by atoms with Gasteiger partial charge in [0.25, 0.3) is 5.91 Å². The molecule has 2 aromatic rings. The number of amides is 2. The van der Waals surface area contributed by atoms with Gasteiger partial charge in [0.05, 0.1) is 6.42 Å². The maximum Gasteiger partial charge on any atom is 0.252 e. The normalized spacial score (nSPS) is 16.0. The summed E-state index contributed by atoms with van der Waals surface area (Å²) in [6.45, 7) is 1.47. The first-order chi connectivity index (χ1) is 10.5. The predicted octanol–water partition coefficient (Wildman–Crippen LogP) is 1.00. The largest absolute Gasteiger partial charge is 0.326 e. The van der Waals surface area contributed by atoms with Crippen molar-refractivity contribution < 1.29 is 14.4 Å². The van der Waals surface area contributed by atoms with Crippen molar-refractivity contribution >= 4 is 29.2 Å². The molecule has 0 saturated carbocycles. The van der Waals surface area contributed by atoms with Gasteiger partial charge < -0.3 is 5.32 Å². The summed E-state index contributed by atoms with van der Waals surface area (Å²) in [4.78, 5) is 38.9. The van der Waals surface area contributed by atoms with E-state index in [9.17, 15) is 14.4 Å². The summed E-state index contributed by atoms with van der Waals surface area (Å²) < 4.78 is 1.39. The first-order valence-electron chi connectivity index (χ1n) is 6.66.